The number of halogens is 1. The number of likely N-dealkylation sites (N-methyl/N-ethyl adjacent to an activating group) is 1. The fourth-order valence-corrected chi connectivity index (χ4v) is 4.25. The first-order valence-electron chi connectivity index (χ1n) is 6.73. The molecule has 3 nitrogen and oxygen atoms in total. The van der Waals surface area contributed by atoms with Gasteiger partial charge in [-0.1, -0.05) is 6.07 Å². The van der Waals surface area contributed by atoms with Crippen LogP contribution in [0.15, 0.2) is 23.6 Å². The van der Waals surface area contributed by atoms with Crippen molar-refractivity contribution in [1.82, 2.24) is 9.97 Å². The van der Waals surface area contributed by atoms with Crippen molar-refractivity contribution in [2.24, 2.45) is 0 Å². The number of thiophene rings is 2. The van der Waals surface area contributed by atoms with Gasteiger partial charge in [-0.2, -0.15) is 4.98 Å². The Kier molecular flexibility index (Phi) is 4.15. The van der Waals surface area contributed by atoms with E-state index < -0.39 is 0 Å². The van der Waals surface area contributed by atoms with E-state index in [1.807, 2.05) is 0 Å². The van der Waals surface area contributed by atoms with Gasteiger partial charge in [0.25, 0.3) is 0 Å². The van der Waals surface area contributed by atoms with Crippen molar-refractivity contribution in [2.45, 2.75) is 26.3 Å². The van der Waals surface area contributed by atoms with Gasteiger partial charge in [0.1, 0.15) is 10.6 Å². The molecule has 0 amide bonds. The van der Waals surface area contributed by atoms with Crippen molar-refractivity contribution in [2.75, 3.05) is 11.9 Å². The van der Waals surface area contributed by atoms with Crippen LogP contribution in [0.2, 0.25) is 5.28 Å². The Morgan fingerprint density at radius 2 is 2.19 bits per heavy atom. The highest BCUT2D eigenvalue weighted by Gasteiger charge is 2.18. The average molecular weight is 338 g/mol. The normalized spacial score (nSPS) is 12.8. The quantitative estimate of drug-likeness (QED) is 0.641. The molecule has 3 aromatic heterocycles. The topological polar surface area (TPSA) is 29.0 Å². The van der Waals surface area contributed by atoms with Crippen LogP contribution >= 0.6 is 34.3 Å². The van der Waals surface area contributed by atoms with E-state index in [9.17, 15) is 0 Å². The van der Waals surface area contributed by atoms with E-state index in [-0.39, 0.29) is 0 Å². The predicted molar refractivity (Wildman–Crippen MR) is 93.1 cm³/mol. The average Bonchev–Trinajstić information content (AvgIpc) is 3.05. The summed E-state index contributed by atoms with van der Waals surface area (Å²) in [5.74, 6) is 0.915. The molecule has 0 saturated heterocycles. The van der Waals surface area contributed by atoms with Crippen LogP contribution in [-0.4, -0.2) is 23.1 Å². The lowest BCUT2D eigenvalue weighted by Gasteiger charge is -2.26. The summed E-state index contributed by atoms with van der Waals surface area (Å²) in [4.78, 5) is 14.5. The van der Waals surface area contributed by atoms with Crippen molar-refractivity contribution in [3.8, 4) is 0 Å². The first kappa shape index (κ1) is 14.8. The Hall–Kier alpha value is -1.17. The zero-order chi connectivity index (χ0) is 15.0. The van der Waals surface area contributed by atoms with Gasteiger partial charge in [-0.25, -0.2) is 4.98 Å². The summed E-state index contributed by atoms with van der Waals surface area (Å²) < 4.78 is 0. The molecule has 0 radical (unpaired) electrons. The summed E-state index contributed by atoms with van der Waals surface area (Å²) in [6.07, 6.45) is 1.00. The second-order valence-corrected chi connectivity index (χ2v) is 7.74. The van der Waals surface area contributed by atoms with Crippen LogP contribution in [0.1, 0.15) is 16.7 Å². The number of rotatable bonds is 4. The highest BCUT2D eigenvalue weighted by atomic mass is 35.5. The summed E-state index contributed by atoms with van der Waals surface area (Å²) in [6, 6.07) is 6.75. The van der Waals surface area contributed by atoms with Crippen LogP contribution in [0.4, 0.5) is 5.82 Å². The number of aryl methyl sites for hydroxylation is 1. The minimum atomic E-state index is 0.314. The maximum Gasteiger partial charge on any atom is 0.225 e. The van der Waals surface area contributed by atoms with Gasteiger partial charge in [0.05, 0.1) is 5.39 Å². The largest absolute Gasteiger partial charge is 0.356 e. The lowest BCUT2D eigenvalue weighted by Crippen LogP contribution is -2.31. The second-order valence-electron chi connectivity index (χ2n) is 5.14. The molecule has 3 rings (SSSR count). The Balaban J connectivity index is 1.94. The van der Waals surface area contributed by atoms with Crippen LogP contribution in [-0.2, 0) is 6.42 Å². The van der Waals surface area contributed by atoms with Gasteiger partial charge in [0.15, 0.2) is 0 Å². The zero-order valence-electron chi connectivity index (χ0n) is 12.1. The van der Waals surface area contributed by atoms with Crippen molar-refractivity contribution in [3.05, 3.63) is 38.6 Å². The minimum absolute atomic E-state index is 0.314. The smallest absolute Gasteiger partial charge is 0.225 e. The molecule has 110 valence electrons. The van der Waals surface area contributed by atoms with E-state index in [2.05, 4.69) is 59.3 Å². The monoisotopic (exact) mass is 337 g/mol. The molecule has 0 aromatic carbocycles. The minimum Gasteiger partial charge on any atom is -0.356 e. The van der Waals surface area contributed by atoms with Crippen molar-refractivity contribution in [1.29, 1.82) is 0 Å². The fraction of sp³-hybridized carbons (Fsp3) is 0.333. The molecule has 0 N–H and O–H groups in total. The van der Waals surface area contributed by atoms with E-state index in [0.29, 0.717) is 11.3 Å². The number of fused-ring (bicyclic) bond motifs is 1. The number of aromatic nitrogens is 2. The molecule has 0 aliphatic heterocycles. The van der Waals surface area contributed by atoms with E-state index in [4.69, 9.17) is 11.6 Å². The lowest BCUT2D eigenvalue weighted by molar-refractivity contribution is 0.682. The number of nitrogens with zero attached hydrogens (tertiary/aromatic N) is 3. The van der Waals surface area contributed by atoms with Crippen LogP contribution in [0, 0.1) is 6.92 Å². The van der Waals surface area contributed by atoms with Crippen molar-refractivity contribution in [3.63, 3.8) is 0 Å². The third-order valence-electron chi connectivity index (χ3n) is 3.54. The van der Waals surface area contributed by atoms with E-state index >= 15 is 0 Å². The summed E-state index contributed by atoms with van der Waals surface area (Å²) in [7, 11) is 2.07. The summed E-state index contributed by atoms with van der Waals surface area (Å²) in [5, 5.41) is 3.52. The molecule has 0 bridgehead atoms. The molecule has 0 saturated carbocycles. The van der Waals surface area contributed by atoms with Gasteiger partial charge < -0.3 is 4.90 Å². The van der Waals surface area contributed by atoms with Gasteiger partial charge in [0, 0.05) is 29.3 Å². The Bertz CT molecular complexity index is 752. The molecule has 0 spiro atoms. The SMILES string of the molecule is Cc1cc2c(N(C)C(C)Cc3cccs3)nc(Cl)nc2s1. The van der Waals surface area contributed by atoms with Crippen LogP contribution in [0.3, 0.4) is 0 Å². The molecule has 1 atom stereocenters. The number of hydrogen-bond donors (Lipinski definition) is 0. The Morgan fingerprint density at radius 1 is 1.38 bits per heavy atom. The highest BCUT2D eigenvalue weighted by Crippen LogP contribution is 2.32. The Labute approximate surface area is 137 Å². The Morgan fingerprint density at radius 3 is 2.90 bits per heavy atom. The third kappa shape index (κ3) is 3.05. The van der Waals surface area contributed by atoms with Crippen LogP contribution < -0.4 is 4.90 Å². The van der Waals surface area contributed by atoms with Gasteiger partial charge in [-0.15, -0.1) is 22.7 Å². The van der Waals surface area contributed by atoms with Gasteiger partial charge in [-0.3, -0.25) is 0 Å². The molecule has 0 aliphatic carbocycles. The molecule has 6 heteroatoms. The standard InChI is InChI=1S/C15H16ClN3S2/c1-9(7-11-5-4-6-20-11)19(3)13-12-8-10(2)21-14(12)18-15(16)17-13/h4-6,8-9H,7H2,1-3H3. The number of anilines is 1. The van der Waals surface area contributed by atoms with E-state index in [1.165, 1.54) is 9.75 Å². The summed E-state index contributed by atoms with van der Waals surface area (Å²) in [5.41, 5.74) is 0. The predicted octanol–water partition coefficient (Wildman–Crippen LogP) is 4.78. The molecular formula is C15H16ClN3S2. The molecule has 0 aliphatic rings. The van der Waals surface area contributed by atoms with Crippen LogP contribution in [0.25, 0.3) is 10.2 Å². The third-order valence-corrected chi connectivity index (χ3v) is 5.55. The van der Waals surface area contributed by atoms with Gasteiger partial charge >= 0.3 is 0 Å². The van der Waals surface area contributed by atoms with Crippen molar-refractivity contribution < 1.29 is 0 Å². The highest BCUT2D eigenvalue weighted by molar-refractivity contribution is 7.18. The van der Waals surface area contributed by atoms with E-state index in [1.54, 1.807) is 22.7 Å². The summed E-state index contributed by atoms with van der Waals surface area (Å²) in [6.45, 7) is 4.29. The molecule has 1 unspecified atom stereocenters. The van der Waals surface area contributed by atoms with Crippen molar-refractivity contribution >= 4 is 50.3 Å². The van der Waals surface area contributed by atoms with Crippen LogP contribution in [0.5, 0.6) is 0 Å². The fourth-order valence-electron chi connectivity index (χ4n) is 2.34. The molecular weight excluding hydrogens is 322 g/mol. The first-order valence-corrected chi connectivity index (χ1v) is 8.81. The molecule has 21 heavy (non-hydrogen) atoms. The van der Waals surface area contributed by atoms with Gasteiger partial charge in [-0.05, 0) is 43.0 Å². The van der Waals surface area contributed by atoms with E-state index in [0.717, 1.165) is 22.5 Å². The number of hydrogen-bond acceptors (Lipinski definition) is 5. The maximum atomic E-state index is 6.08. The zero-order valence-corrected chi connectivity index (χ0v) is 14.5. The summed E-state index contributed by atoms with van der Waals surface area (Å²) >= 11 is 9.53. The maximum absolute atomic E-state index is 6.08. The molecule has 0 fully saturated rings. The second kappa shape index (κ2) is 5.91. The first-order chi connectivity index (χ1) is 10.0. The molecule has 3 heterocycles. The lowest BCUT2D eigenvalue weighted by atomic mass is 10.2. The van der Waals surface area contributed by atoms with Gasteiger partial charge in [0.2, 0.25) is 5.28 Å². The molecule has 3 aromatic rings.